The van der Waals surface area contributed by atoms with Crippen molar-refractivity contribution in [2.45, 2.75) is 55.4 Å². The molecule has 0 saturated heterocycles. The smallest absolute Gasteiger partial charge is 0.184 e. The van der Waals surface area contributed by atoms with E-state index in [1.54, 1.807) is 20.8 Å². The van der Waals surface area contributed by atoms with E-state index in [0.29, 0.717) is 12.8 Å². The summed E-state index contributed by atoms with van der Waals surface area (Å²) in [5.41, 5.74) is 0.318. The largest absolute Gasteiger partial charge is 0.234 e. The summed E-state index contributed by atoms with van der Waals surface area (Å²) in [6.07, 6.45) is 1.15. The van der Waals surface area contributed by atoms with E-state index in [2.05, 4.69) is 4.40 Å². The van der Waals surface area contributed by atoms with E-state index < -0.39 is 36.6 Å². The van der Waals surface area contributed by atoms with Crippen molar-refractivity contribution in [3.05, 3.63) is 29.6 Å². The molecule has 1 aromatic carbocycles. The molecule has 0 unspecified atom stereocenters. The van der Waals surface area contributed by atoms with Crippen molar-refractivity contribution >= 4 is 26.5 Å². The molecule has 2 rings (SSSR count). The average molecular weight is 345 g/mol. The Balaban J connectivity index is 2.46. The van der Waals surface area contributed by atoms with Crippen LogP contribution >= 0.6 is 0 Å². The quantitative estimate of drug-likeness (QED) is 0.788. The highest BCUT2D eigenvalue weighted by atomic mass is 32.2. The Morgan fingerprint density at radius 1 is 1.32 bits per heavy atom. The zero-order chi connectivity index (χ0) is 16.7. The minimum Gasteiger partial charge on any atom is -0.234 e. The Hall–Kier alpha value is -1.08. The minimum absolute atomic E-state index is 0.0827. The summed E-state index contributed by atoms with van der Waals surface area (Å²) in [5.74, 6) is -0.804. The van der Waals surface area contributed by atoms with Gasteiger partial charge in [0.2, 0.25) is 0 Å². The van der Waals surface area contributed by atoms with Crippen molar-refractivity contribution in [1.82, 2.24) is 0 Å². The number of hydrogen-bond donors (Lipinski definition) is 0. The zero-order valence-electron chi connectivity index (χ0n) is 13.1. The van der Waals surface area contributed by atoms with Crippen LogP contribution in [0.25, 0.3) is 0 Å². The van der Waals surface area contributed by atoms with Gasteiger partial charge in [0, 0.05) is 5.56 Å². The van der Waals surface area contributed by atoms with Crippen LogP contribution in [0.2, 0.25) is 0 Å². The monoisotopic (exact) mass is 345 g/mol. The fourth-order valence-electron chi connectivity index (χ4n) is 1.88. The summed E-state index contributed by atoms with van der Waals surface area (Å²) in [7, 11) is -5.14. The Bertz CT molecular complexity index is 745. The highest BCUT2D eigenvalue weighted by Gasteiger charge is 2.39. The SMILES string of the molecule is C/C(=N\[S@@](=O)C(C)(C)C)c1cccc(S(=O)(=O)C2CC2)c1F. The van der Waals surface area contributed by atoms with Crippen LogP contribution in [0.5, 0.6) is 0 Å². The molecule has 0 heterocycles. The molecule has 1 fully saturated rings. The van der Waals surface area contributed by atoms with Gasteiger partial charge in [0.15, 0.2) is 15.7 Å². The third kappa shape index (κ3) is 3.46. The lowest BCUT2D eigenvalue weighted by molar-refractivity contribution is 0.565. The van der Waals surface area contributed by atoms with Crippen molar-refractivity contribution in [3.63, 3.8) is 0 Å². The van der Waals surface area contributed by atoms with E-state index in [1.165, 1.54) is 25.1 Å². The van der Waals surface area contributed by atoms with Crippen LogP contribution in [0.3, 0.4) is 0 Å². The second kappa shape index (κ2) is 5.85. The molecular weight excluding hydrogens is 325 g/mol. The normalized spacial score (nSPS) is 18.3. The number of sulfone groups is 1. The van der Waals surface area contributed by atoms with E-state index in [0.717, 1.165) is 0 Å². The lowest BCUT2D eigenvalue weighted by atomic mass is 10.1. The van der Waals surface area contributed by atoms with Gasteiger partial charge in [-0.2, -0.15) is 4.40 Å². The van der Waals surface area contributed by atoms with Gasteiger partial charge >= 0.3 is 0 Å². The first-order chi connectivity index (χ1) is 10.0. The summed E-state index contributed by atoms with van der Waals surface area (Å²) in [6, 6.07) is 4.23. The predicted molar refractivity (Wildman–Crippen MR) is 86.7 cm³/mol. The van der Waals surface area contributed by atoms with E-state index in [1.807, 2.05) is 0 Å². The number of benzene rings is 1. The van der Waals surface area contributed by atoms with Crippen molar-refractivity contribution < 1.29 is 17.0 Å². The third-order valence-electron chi connectivity index (χ3n) is 3.37. The first kappa shape index (κ1) is 17.3. The lowest BCUT2D eigenvalue weighted by Gasteiger charge is -2.14. The van der Waals surface area contributed by atoms with Crippen molar-refractivity contribution in [1.29, 1.82) is 0 Å². The summed E-state index contributed by atoms with van der Waals surface area (Å²) in [5, 5.41) is -0.474. The number of hydrogen-bond acceptors (Lipinski definition) is 3. The van der Waals surface area contributed by atoms with Gasteiger partial charge in [-0.3, -0.25) is 0 Å². The maximum atomic E-state index is 14.6. The minimum atomic E-state index is -3.62. The Morgan fingerprint density at radius 3 is 2.41 bits per heavy atom. The van der Waals surface area contributed by atoms with Gasteiger partial charge in [0.1, 0.15) is 15.9 Å². The van der Waals surface area contributed by atoms with E-state index >= 15 is 0 Å². The zero-order valence-corrected chi connectivity index (χ0v) is 14.7. The van der Waals surface area contributed by atoms with Crippen LogP contribution < -0.4 is 0 Å². The molecule has 1 saturated carbocycles. The number of nitrogens with zero attached hydrogens (tertiary/aromatic N) is 1. The first-order valence-electron chi connectivity index (χ1n) is 7.05. The van der Waals surface area contributed by atoms with Gasteiger partial charge in [-0.1, -0.05) is 12.1 Å². The molecule has 7 heteroatoms. The van der Waals surface area contributed by atoms with Crippen LogP contribution in [-0.4, -0.2) is 28.3 Å². The van der Waals surface area contributed by atoms with Crippen LogP contribution in [0.15, 0.2) is 27.5 Å². The Labute approximate surface area is 133 Å². The molecule has 122 valence electrons. The number of rotatable bonds is 4. The Kier molecular flexibility index (Phi) is 4.59. The van der Waals surface area contributed by atoms with Crippen LogP contribution in [0.4, 0.5) is 4.39 Å². The molecule has 0 radical (unpaired) electrons. The number of halogens is 1. The average Bonchev–Trinajstić information content (AvgIpc) is 3.21. The third-order valence-corrected chi connectivity index (χ3v) is 7.13. The topological polar surface area (TPSA) is 63.6 Å². The molecule has 1 aliphatic carbocycles. The van der Waals surface area contributed by atoms with Gasteiger partial charge in [-0.25, -0.2) is 17.0 Å². The molecule has 4 nitrogen and oxygen atoms in total. The fraction of sp³-hybridized carbons (Fsp3) is 0.533. The molecule has 1 aliphatic rings. The summed E-state index contributed by atoms with van der Waals surface area (Å²) < 4.78 is 54.6. The molecule has 1 atom stereocenters. The van der Waals surface area contributed by atoms with Crippen molar-refractivity contribution in [2.24, 2.45) is 4.40 Å². The molecule has 0 aromatic heterocycles. The van der Waals surface area contributed by atoms with Crippen molar-refractivity contribution in [3.8, 4) is 0 Å². The van der Waals surface area contributed by atoms with Gasteiger partial charge in [-0.15, -0.1) is 0 Å². The van der Waals surface area contributed by atoms with E-state index in [4.69, 9.17) is 0 Å². The summed E-state index contributed by atoms with van der Waals surface area (Å²) in [6.45, 7) is 6.84. The van der Waals surface area contributed by atoms with Gasteiger partial charge in [0.25, 0.3) is 0 Å². The van der Waals surface area contributed by atoms with Gasteiger partial charge < -0.3 is 0 Å². The second-order valence-corrected chi connectivity index (χ2v) is 10.5. The van der Waals surface area contributed by atoms with Gasteiger partial charge in [-0.05, 0) is 46.6 Å². The molecule has 0 bridgehead atoms. The molecule has 0 aliphatic heterocycles. The first-order valence-corrected chi connectivity index (χ1v) is 9.70. The standard InChI is InChI=1S/C15H20FNO3S2/c1-10(17-21(18)15(2,3)4)12-6-5-7-13(14(12)16)22(19,20)11-8-9-11/h5-7,11H,8-9H2,1-4H3/b17-10+/t21-/m0/s1. The molecule has 0 spiro atoms. The van der Waals surface area contributed by atoms with E-state index in [-0.39, 0.29) is 16.2 Å². The highest BCUT2D eigenvalue weighted by molar-refractivity contribution is 7.92. The van der Waals surface area contributed by atoms with Gasteiger partial charge in [0.05, 0.1) is 15.7 Å². The fourth-order valence-corrected chi connectivity index (χ4v) is 4.24. The van der Waals surface area contributed by atoms with Crippen LogP contribution in [0, 0.1) is 5.82 Å². The lowest BCUT2D eigenvalue weighted by Crippen LogP contribution is -2.21. The van der Waals surface area contributed by atoms with Crippen molar-refractivity contribution in [2.75, 3.05) is 0 Å². The van der Waals surface area contributed by atoms with Crippen LogP contribution in [0.1, 0.15) is 46.1 Å². The van der Waals surface area contributed by atoms with Crippen LogP contribution in [-0.2, 0) is 20.8 Å². The maximum Gasteiger partial charge on any atom is 0.184 e. The molecular formula is C15H20FNO3S2. The molecule has 0 N–H and O–H groups in total. The van der Waals surface area contributed by atoms with E-state index in [9.17, 15) is 17.0 Å². The predicted octanol–water partition coefficient (Wildman–Crippen LogP) is 3.03. The second-order valence-electron chi connectivity index (χ2n) is 6.40. The maximum absolute atomic E-state index is 14.6. The molecule has 0 amide bonds. The summed E-state index contributed by atoms with van der Waals surface area (Å²) in [4.78, 5) is -0.288. The summed E-state index contributed by atoms with van der Waals surface area (Å²) >= 11 is 0. The molecule has 22 heavy (non-hydrogen) atoms. The Morgan fingerprint density at radius 2 is 1.91 bits per heavy atom. The highest BCUT2D eigenvalue weighted by Crippen LogP contribution is 2.35. The molecule has 1 aromatic rings.